The molecular weight excluding hydrogens is 244 g/mol. The molecule has 5 heteroatoms. The van der Waals surface area contributed by atoms with Crippen molar-refractivity contribution in [1.29, 1.82) is 0 Å². The predicted molar refractivity (Wildman–Crippen MR) is 75.3 cm³/mol. The van der Waals surface area contributed by atoms with Crippen molar-refractivity contribution in [3.8, 4) is 0 Å². The molecule has 0 amide bonds. The number of hydrogen-bond donors (Lipinski definition) is 2. The highest BCUT2D eigenvalue weighted by Gasteiger charge is 2.14. The molecule has 0 aliphatic heterocycles. The highest BCUT2D eigenvalue weighted by molar-refractivity contribution is 6.40. The van der Waals surface area contributed by atoms with E-state index in [2.05, 4.69) is 10.6 Å². The molecule has 0 bridgehead atoms. The number of halogens is 1. The summed E-state index contributed by atoms with van der Waals surface area (Å²) in [4.78, 5) is 0. The van der Waals surface area contributed by atoms with E-state index in [9.17, 15) is 4.39 Å². The van der Waals surface area contributed by atoms with Gasteiger partial charge in [-0.05, 0) is 25.2 Å². The van der Waals surface area contributed by atoms with Crippen LogP contribution in [-0.4, -0.2) is 21.7 Å². The zero-order valence-corrected chi connectivity index (χ0v) is 11.3. The van der Waals surface area contributed by atoms with Gasteiger partial charge in [-0.1, -0.05) is 25.8 Å². The quantitative estimate of drug-likeness (QED) is 0.596. The van der Waals surface area contributed by atoms with Gasteiger partial charge in [0.15, 0.2) is 0 Å². The lowest BCUT2D eigenvalue weighted by molar-refractivity contribution is 0.401. The minimum atomic E-state index is -1.20. The van der Waals surface area contributed by atoms with E-state index in [1.807, 2.05) is 19.2 Å². The van der Waals surface area contributed by atoms with Gasteiger partial charge in [0.2, 0.25) is 0 Å². The second-order valence-corrected chi connectivity index (χ2v) is 5.33. The van der Waals surface area contributed by atoms with Gasteiger partial charge in [0.25, 0.3) is 0 Å². The molecule has 1 aromatic rings. The first kappa shape index (κ1) is 14.3. The van der Waals surface area contributed by atoms with Crippen LogP contribution in [0, 0.1) is 5.92 Å². The molecule has 0 fully saturated rings. The van der Waals surface area contributed by atoms with Crippen LogP contribution in [0.1, 0.15) is 32.6 Å². The number of aryl methyl sites for hydroxylation is 1. The largest absolute Gasteiger partial charge is 0.451 e. The Hall–Kier alpha value is -1.07. The first-order chi connectivity index (χ1) is 9.09. The Balaban J connectivity index is 1.95. The molecule has 1 aliphatic rings. The lowest BCUT2D eigenvalue weighted by atomic mass is 9.83. The minimum Gasteiger partial charge on any atom is -0.427 e. The van der Waals surface area contributed by atoms with E-state index in [4.69, 9.17) is 10.0 Å². The molecule has 0 saturated heterocycles. The minimum absolute atomic E-state index is 0.000321. The van der Waals surface area contributed by atoms with Gasteiger partial charge in [0, 0.05) is 29.2 Å². The average Bonchev–Trinajstić information content (AvgIpc) is 2.77. The van der Waals surface area contributed by atoms with E-state index in [1.165, 1.54) is 0 Å². The SMILES string of the molecule is CC1CC=c2c(ccn2CCCCCB(O)O)=C1F. The summed E-state index contributed by atoms with van der Waals surface area (Å²) in [6.07, 6.45) is 7.98. The molecule has 2 rings (SSSR count). The number of rotatable bonds is 6. The van der Waals surface area contributed by atoms with E-state index in [-0.39, 0.29) is 11.7 Å². The van der Waals surface area contributed by atoms with Crippen LogP contribution in [0.15, 0.2) is 12.3 Å². The first-order valence-electron chi connectivity index (χ1n) is 7.00. The fourth-order valence-corrected chi connectivity index (χ4v) is 2.55. The van der Waals surface area contributed by atoms with Crippen LogP contribution in [0.2, 0.25) is 6.32 Å². The van der Waals surface area contributed by atoms with Crippen LogP contribution < -0.4 is 10.6 Å². The van der Waals surface area contributed by atoms with E-state index in [0.717, 1.165) is 42.8 Å². The highest BCUT2D eigenvalue weighted by Crippen LogP contribution is 2.17. The van der Waals surface area contributed by atoms with E-state index < -0.39 is 7.12 Å². The van der Waals surface area contributed by atoms with E-state index in [0.29, 0.717) is 6.32 Å². The van der Waals surface area contributed by atoms with Crippen LogP contribution >= 0.6 is 0 Å². The summed E-state index contributed by atoms with van der Waals surface area (Å²) in [7, 11) is -1.20. The molecule has 19 heavy (non-hydrogen) atoms. The average molecular weight is 265 g/mol. The maximum absolute atomic E-state index is 13.9. The fourth-order valence-electron chi connectivity index (χ4n) is 2.55. The van der Waals surface area contributed by atoms with Crippen molar-refractivity contribution in [2.45, 2.75) is 45.5 Å². The number of unbranched alkanes of at least 4 members (excludes halogenated alkanes) is 2. The molecule has 1 atom stereocenters. The second-order valence-electron chi connectivity index (χ2n) is 5.33. The summed E-state index contributed by atoms with van der Waals surface area (Å²) in [5.74, 6) is -0.00551. The Morgan fingerprint density at radius 2 is 2.16 bits per heavy atom. The molecular formula is C14H21BFNO2. The van der Waals surface area contributed by atoms with Crippen molar-refractivity contribution >= 4 is 19.0 Å². The van der Waals surface area contributed by atoms with Gasteiger partial charge in [-0.15, -0.1) is 0 Å². The third kappa shape index (κ3) is 3.48. The summed E-state index contributed by atoms with van der Waals surface area (Å²) in [5, 5.41) is 19.2. The summed E-state index contributed by atoms with van der Waals surface area (Å²) < 4.78 is 16.0. The van der Waals surface area contributed by atoms with Gasteiger partial charge in [0.05, 0.1) is 0 Å². The Kier molecular flexibility index (Phi) is 4.83. The smallest absolute Gasteiger partial charge is 0.427 e. The number of nitrogens with zero attached hydrogens (tertiary/aromatic N) is 1. The van der Waals surface area contributed by atoms with E-state index >= 15 is 0 Å². The molecule has 1 heterocycles. The van der Waals surface area contributed by atoms with Gasteiger partial charge in [-0.25, -0.2) is 4.39 Å². The van der Waals surface area contributed by atoms with Gasteiger partial charge in [-0.2, -0.15) is 0 Å². The first-order valence-corrected chi connectivity index (χ1v) is 7.00. The molecule has 0 radical (unpaired) electrons. The normalized spacial score (nSPS) is 18.1. The molecule has 1 aliphatic carbocycles. The van der Waals surface area contributed by atoms with Crippen molar-refractivity contribution in [1.82, 2.24) is 4.57 Å². The van der Waals surface area contributed by atoms with Gasteiger partial charge in [-0.3, -0.25) is 0 Å². The van der Waals surface area contributed by atoms with Crippen LogP contribution in [-0.2, 0) is 6.54 Å². The Labute approximate surface area is 113 Å². The highest BCUT2D eigenvalue weighted by atomic mass is 19.1. The van der Waals surface area contributed by atoms with Crippen molar-refractivity contribution < 1.29 is 14.4 Å². The van der Waals surface area contributed by atoms with Crippen molar-refractivity contribution in [2.75, 3.05) is 0 Å². The molecule has 1 unspecified atom stereocenters. The molecule has 0 saturated carbocycles. The maximum atomic E-state index is 13.9. The van der Waals surface area contributed by atoms with E-state index in [1.54, 1.807) is 0 Å². The third-order valence-corrected chi connectivity index (χ3v) is 3.72. The Bertz CT molecular complexity index is 538. The van der Waals surface area contributed by atoms with Crippen LogP contribution in [0.5, 0.6) is 0 Å². The number of hydrogen-bond acceptors (Lipinski definition) is 2. The monoisotopic (exact) mass is 265 g/mol. The Morgan fingerprint density at radius 1 is 1.37 bits per heavy atom. The standard InChI is InChI=1S/C14H21BFNO2/c1-11-5-6-13-12(14(11)16)7-10-17(13)9-4-2-3-8-15(18)19/h6-7,10-11,18-19H,2-5,8-9H2,1H3. The van der Waals surface area contributed by atoms with Crippen LogP contribution in [0.3, 0.4) is 0 Å². The molecule has 3 nitrogen and oxygen atoms in total. The van der Waals surface area contributed by atoms with Crippen molar-refractivity contribution in [3.05, 3.63) is 22.8 Å². The number of aromatic nitrogens is 1. The van der Waals surface area contributed by atoms with Crippen LogP contribution in [0.4, 0.5) is 4.39 Å². The molecule has 1 aromatic heterocycles. The van der Waals surface area contributed by atoms with Gasteiger partial charge >= 0.3 is 7.12 Å². The summed E-state index contributed by atoms with van der Waals surface area (Å²) >= 11 is 0. The zero-order chi connectivity index (χ0) is 13.8. The van der Waals surface area contributed by atoms with Gasteiger partial charge < -0.3 is 14.6 Å². The van der Waals surface area contributed by atoms with Crippen LogP contribution in [0.25, 0.3) is 11.9 Å². The third-order valence-electron chi connectivity index (χ3n) is 3.72. The van der Waals surface area contributed by atoms with Crippen molar-refractivity contribution in [2.24, 2.45) is 5.92 Å². The summed E-state index contributed by atoms with van der Waals surface area (Å²) in [5.41, 5.74) is 0. The summed E-state index contributed by atoms with van der Waals surface area (Å²) in [6.45, 7) is 2.77. The lowest BCUT2D eigenvalue weighted by Gasteiger charge is -2.11. The predicted octanol–water partition coefficient (Wildman–Crippen LogP) is 1.03. The van der Waals surface area contributed by atoms with Crippen molar-refractivity contribution in [3.63, 3.8) is 0 Å². The summed E-state index contributed by atoms with van der Waals surface area (Å²) in [6, 6.07) is 1.86. The maximum Gasteiger partial charge on any atom is 0.451 e. The molecule has 104 valence electrons. The number of fused-ring (bicyclic) bond motifs is 1. The lowest BCUT2D eigenvalue weighted by Crippen LogP contribution is -2.34. The topological polar surface area (TPSA) is 45.4 Å². The molecule has 0 spiro atoms. The van der Waals surface area contributed by atoms with Gasteiger partial charge in [0.1, 0.15) is 5.83 Å². The Morgan fingerprint density at radius 3 is 2.89 bits per heavy atom. The second kappa shape index (κ2) is 6.39. The fraction of sp³-hybridized carbons (Fsp3) is 0.571. The zero-order valence-electron chi connectivity index (χ0n) is 11.3. The molecule has 0 aromatic carbocycles. The molecule has 2 N–H and O–H groups in total.